The number of nitrogens with one attached hydrogen (secondary N) is 1. The molecule has 2 atom stereocenters. The van der Waals surface area contributed by atoms with Gasteiger partial charge in [0.05, 0.1) is 6.54 Å². The van der Waals surface area contributed by atoms with Gasteiger partial charge in [-0.1, -0.05) is 6.07 Å². The monoisotopic (exact) mass is 274 g/mol. The molecule has 1 saturated heterocycles. The lowest BCUT2D eigenvalue weighted by Gasteiger charge is -2.36. The first kappa shape index (κ1) is 13.9. The van der Waals surface area contributed by atoms with Gasteiger partial charge in [-0.15, -0.1) is 11.3 Å². The number of halogens is 2. The first-order chi connectivity index (χ1) is 8.63. The summed E-state index contributed by atoms with van der Waals surface area (Å²) in [6.45, 7) is 1.74. The van der Waals surface area contributed by atoms with Crippen LogP contribution in [0.5, 0.6) is 0 Å². The summed E-state index contributed by atoms with van der Waals surface area (Å²) >= 11 is 1.78. The molecule has 0 aliphatic carbocycles. The standard InChI is InChI=1S/C13H20F2N2S/c1-17-8-10(6-12-3-2-4-18-12)5-11(9-17)16-7-13(14)15/h2-4,10-11,13,16H,5-9H2,1H3. The van der Waals surface area contributed by atoms with Gasteiger partial charge in [0, 0.05) is 24.0 Å². The Balaban J connectivity index is 1.84. The average molecular weight is 274 g/mol. The fourth-order valence-electron chi connectivity index (χ4n) is 2.71. The van der Waals surface area contributed by atoms with Gasteiger partial charge < -0.3 is 10.2 Å². The quantitative estimate of drug-likeness (QED) is 0.887. The highest BCUT2D eigenvalue weighted by Crippen LogP contribution is 2.22. The maximum atomic E-state index is 12.2. The third-order valence-electron chi connectivity index (χ3n) is 3.35. The van der Waals surface area contributed by atoms with Gasteiger partial charge in [-0.25, -0.2) is 8.78 Å². The van der Waals surface area contributed by atoms with Gasteiger partial charge in [-0.3, -0.25) is 0 Å². The number of piperidine rings is 1. The van der Waals surface area contributed by atoms with Gasteiger partial charge in [0.1, 0.15) is 0 Å². The predicted octanol–water partition coefficient (Wildman–Crippen LogP) is 2.47. The third-order valence-corrected chi connectivity index (χ3v) is 4.25. The Labute approximate surface area is 111 Å². The van der Waals surface area contributed by atoms with E-state index in [0.717, 1.165) is 25.9 Å². The normalized spacial score (nSPS) is 25.8. The van der Waals surface area contributed by atoms with E-state index in [0.29, 0.717) is 5.92 Å². The highest BCUT2D eigenvalue weighted by Gasteiger charge is 2.25. The van der Waals surface area contributed by atoms with Crippen molar-refractivity contribution < 1.29 is 8.78 Å². The summed E-state index contributed by atoms with van der Waals surface area (Å²) < 4.78 is 24.4. The summed E-state index contributed by atoms with van der Waals surface area (Å²) in [5.74, 6) is 0.567. The second-order valence-corrected chi connectivity index (χ2v) is 6.13. The van der Waals surface area contributed by atoms with Gasteiger partial charge in [0.15, 0.2) is 0 Å². The molecule has 0 aromatic carbocycles. The van der Waals surface area contributed by atoms with Crippen molar-refractivity contribution in [1.29, 1.82) is 0 Å². The van der Waals surface area contributed by atoms with Crippen molar-refractivity contribution in [2.75, 3.05) is 26.7 Å². The summed E-state index contributed by atoms with van der Waals surface area (Å²) in [6.07, 6.45) is -0.197. The van der Waals surface area contributed by atoms with Gasteiger partial charge in [-0.2, -0.15) is 0 Å². The van der Waals surface area contributed by atoms with E-state index < -0.39 is 6.43 Å². The number of hydrogen-bond acceptors (Lipinski definition) is 3. The van der Waals surface area contributed by atoms with E-state index in [-0.39, 0.29) is 12.6 Å². The molecule has 1 aromatic heterocycles. The van der Waals surface area contributed by atoms with E-state index in [9.17, 15) is 8.78 Å². The second kappa shape index (κ2) is 6.59. The minimum absolute atomic E-state index is 0.190. The molecule has 0 spiro atoms. The second-order valence-electron chi connectivity index (χ2n) is 5.10. The third kappa shape index (κ3) is 4.30. The van der Waals surface area contributed by atoms with Crippen LogP contribution in [0.15, 0.2) is 17.5 Å². The van der Waals surface area contributed by atoms with Crippen LogP contribution in [-0.4, -0.2) is 44.0 Å². The van der Waals surface area contributed by atoms with Crippen molar-refractivity contribution >= 4 is 11.3 Å². The molecule has 2 rings (SSSR count). The lowest BCUT2D eigenvalue weighted by Crippen LogP contribution is -2.49. The molecule has 0 radical (unpaired) electrons. The fraction of sp³-hybridized carbons (Fsp3) is 0.692. The lowest BCUT2D eigenvalue weighted by molar-refractivity contribution is 0.119. The summed E-state index contributed by atoms with van der Waals surface area (Å²) in [5.41, 5.74) is 0. The Morgan fingerprint density at radius 1 is 1.50 bits per heavy atom. The fourth-order valence-corrected chi connectivity index (χ4v) is 3.53. The van der Waals surface area contributed by atoms with Crippen molar-refractivity contribution in [2.24, 2.45) is 5.92 Å². The molecule has 2 unspecified atom stereocenters. The molecule has 0 amide bonds. The number of hydrogen-bond donors (Lipinski definition) is 1. The van der Waals surface area contributed by atoms with E-state index in [1.807, 2.05) is 0 Å². The number of nitrogens with zero attached hydrogens (tertiary/aromatic N) is 1. The van der Waals surface area contributed by atoms with Crippen LogP contribution >= 0.6 is 11.3 Å². The molecule has 1 aliphatic heterocycles. The first-order valence-electron chi connectivity index (χ1n) is 6.36. The van der Waals surface area contributed by atoms with Crippen LogP contribution in [0, 0.1) is 5.92 Å². The van der Waals surface area contributed by atoms with Crippen molar-refractivity contribution in [2.45, 2.75) is 25.3 Å². The summed E-state index contributed by atoms with van der Waals surface area (Å²) in [5, 5.41) is 5.06. The average Bonchev–Trinajstić information content (AvgIpc) is 2.78. The summed E-state index contributed by atoms with van der Waals surface area (Å²) in [4.78, 5) is 3.63. The maximum absolute atomic E-state index is 12.2. The lowest BCUT2D eigenvalue weighted by atomic mass is 9.91. The Morgan fingerprint density at radius 3 is 3.00 bits per heavy atom. The minimum atomic E-state index is -2.26. The number of likely N-dealkylation sites (tertiary alicyclic amines) is 1. The first-order valence-corrected chi connectivity index (χ1v) is 7.24. The SMILES string of the molecule is CN1CC(Cc2cccs2)CC(NCC(F)F)C1. The molecule has 18 heavy (non-hydrogen) atoms. The zero-order valence-corrected chi connectivity index (χ0v) is 11.4. The van der Waals surface area contributed by atoms with Crippen LogP contribution in [0.3, 0.4) is 0 Å². The van der Waals surface area contributed by atoms with Gasteiger partial charge in [0.25, 0.3) is 6.43 Å². The highest BCUT2D eigenvalue weighted by atomic mass is 32.1. The molecule has 5 heteroatoms. The predicted molar refractivity (Wildman–Crippen MR) is 71.4 cm³/mol. The van der Waals surface area contributed by atoms with Crippen LogP contribution in [0.4, 0.5) is 8.78 Å². The summed E-state index contributed by atoms with van der Waals surface area (Å²) in [7, 11) is 2.07. The number of likely N-dealkylation sites (N-methyl/N-ethyl adjacent to an activating group) is 1. The van der Waals surface area contributed by atoms with Crippen LogP contribution in [-0.2, 0) is 6.42 Å². The van der Waals surface area contributed by atoms with Crippen molar-refractivity contribution in [3.8, 4) is 0 Å². The molecule has 1 aliphatic rings. The highest BCUT2D eigenvalue weighted by molar-refractivity contribution is 7.09. The zero-order valence-electron chi connectivity index (χ0n) is 10.6. The molecule has 2 heterocycles. The van der Waals surface area contributed by atoms with Crippen molar-refractivity contribution in [3.05, 3.63) is 22.4 Å². The zero-order chi connectivity index (χ0) is 13.0. The van der Waals surface area contributed by atoms with Crippen LogP contribution in [0.25, 0.3) is 0 Å². The number of thiophene rings is 1. The van der Waals surface area contributed by atoms with Crippen molar-refractivity contribution in [1.82, 2.24) is 10.2 Å². The largest absolute Gasteiger partial charge is 0.307 e. The topological polar surface area (TPSA) is 15.3 Å². The van der Waals surface area contributed by atoms with E-state index in [4.69, 9.17) is 0 Å². The number of alkyl halides is 2. The molecule has 1 N–H and O–H groups in total. The van der Waals surface area contributed by atoms with Crippen molar-refractivity contribution in [3.63, 3.8) is 0 Å². The molecule has 102 valence electrons. The van der Waals surface area contributed by atoms with E-state index in [1.165, 1.54) is 4.88 Å². The molecular formula is C13H20F2N2S. The van der Waals surface area contributed by atoms with Crippen LogP contribution < -0.4 is 5.32 Å². The van der Waals surface area contributed by atoms with Crippen LogP contribution in [0.1, 0.15) is 11.3 Å². The van der Waals surface area contributed by atoms with Gasteiger partial charge in [0.2, 0.25) is 0 Å². The molecule has 1 aromatic rings. The smallest absolute Gasteiger partial charge is 0.250 e. The van der Waals surface area contributed by atoms with E-state index in [1.54, 1.807) is 11.3 Å². The Bertz CT molecular complexity index is 343. The van der Waals surface area contributed by atoms with E-state index >= 15 is 0 Å². The minimum Gasteiger partial charge on any atom is -0.307 e. The van der Waals surface area contributed by atoms with Crippen LogP contribution in [0.2, 0.25) is 0 Å². The molecular weight excluding hydrogens is 254 g/mol. The molecule has 1 fully saturated rings. The van der Waals surface area contributed by atoms with E-state index in [2.05, 4.69) is 34.8 Å². The van der Waals surface area contributed by atoms with Gasteiger partial charge >= 0.3 is 0 Å². The number of rotatable bonds is 5. The Kier molecular flexibility index (Phi) is 5.09. The Morgan fingerprint density at radius 2 is 2.33 bits per heavy atom. The summed E-state index contributed by atoms with van der Waals surface area (Å²) in [6, 6.07) is 4.42. The maximum Gasteiger partial charge on any atom is 0.250 e. The molecule has 0 saturated carbocycles. The molecule has 0 bridgehead atoms. The molecule has 2 nitrogen and oxygen atoms in total. The van der Waals surface area contributed by atoms with Gasteiger partial charge in [-0.05, 0) is 37.3 Å². The Hall–Kier alpha value is -0.520.